The average molecular weight is 330 g/mol. The molecular weight excluding hydrogens is 318 g/mol. The van der Waals surface area contributed by atoms with Crippen LogP contribution >= 0.6 is 27.3 Å². The standard InChI is InChI=1S/C12H12BrNO3S/c13-9-1-6-18-10(9)11(15)17-8-12(7-14)2-4-16-5-3-12/h1,6H,2-5,8H2. The number of thiophene rings is 1. The molecule has 0 aromatic carbocycles. The molecule has 1 aliphatic heterocycles. The number of carbonyl (C=O) groups excluding carboxylic acids is 1. The fourth-order valence-electron chi connectivity index (χ4n) is 1.76. The molecule has 18 heavy (non-hydrogen) atoms. The van der Waals surface area contributed by atoms with Crippen molar-refractivity contribution in [1.29, 1.82) is 5.26 Å². The van der Waals surface area contributed by atoms with Gasteiger partial charge in [0.1, 0.15) is 11.5 Å². The lowest BCUT2D eigenvalue weighted by atomic mass is 9.83. The Hall–Kier alpha value is -0.900. The smallest absolute Gasteiger partial charge is 0.349 e. The highest BCUT2D eigenvalue weighted by Crippen LogP contribution is 2.31. The van der Waals surface area contributed by atoms with Gasteiger partial charge in [-0.15, -0.1) is 11.3 Å². The van der Waals surface area contributed by atoms with E-state index in [9.17, 15) is 10.1 Å². The van der Waals surface area contributed by atoms with Gasteiger partial charge in [-0.05, 0) is 40.2 Å². The molecule has 1 saturated heterocycles. The number of nitriles is 1. The van der Waals surface area contributed by atoms with Crippen LogP contribution < -0.4 is 0 Å². The lowest BCUT2D eigenvalue weighted by Crippen LogP contribution is -2.33. The van der Waals surface area contributed by atoms with E-state index in [2.05, 4.69) is 22.0 Å². The highest BCUT2D eigenvalue weighted by molar-refractivity contribution is 9.10. The Kier molecular flexibility index (Phi) is 4.38. The third kappa shape index (κ3) is 2.91. The van der Waals surface area contributed by atoms with Crippen LogP contribution in [0.5, 0.6) is 0 Å². The summed E-state index contributed by atoms with van der Waals surface area (Å²) in [6.07, 6.45) is 1.23. The monoisotopic (exact) mass is 329 g/mol. The van der Waals surface area contributed by atoms with Gasteiger partial charge in [-0.2, -0.15) is 5.26 Å². The molecule has 6 heteroatoms. The van der Waals surface area contributed by atoms with Crippen molar-refractivity contribution in [3.8, 4) is 6.07 Å². The molecule has 0 radical (unpaired) electrons. The number of esters is 1. The summed E-state index contributed by atoms with van der Waals surface area (Å²) in [5.41, 5.74) is -0.586. The molecule has 0 atom stereocenters. The molecule has 2 heterocycles. The van der Waals surface area contributed by atoms with Crippen LogP contribution in [-0.2, 0) is 9.47 Å². The molecule has 1 aromatic rings. The Morgan fingerprint density at radius 2 is 2.33 bits per heavy atom. The molecule has 0 unspecified atom stereocenters. The van der Waals surface area contributed by atoms with Crippen LogP contribution in [0.3, 0.4) is 0 Å². The Morgan fingerprint density at radius 1 is 1.61 bits per heavy atom. The van der Waals surface area contributed by atoms with Gasteiger partial charge in [-0.1, -0.05) is 0 Å². The number of hydrogen-bond acceptors (Lipinski definition) is 5. The number of ether oxygens (including phenoxy) is 2. The lowest BCUT2D eigenvalue weighted by molar-refractivity contribution is -0.00445. The van der Waals surface area contributed by atoms with Crippen LogP contribution in [0.2, 0.25) is 0 Å². The van der Waals surface area contributed by atoms with Crippen LogP contribution in [-0.4, -0.2) is 25.8 Å². The normalized spacial score (nSPS) is 18.0. The second-order valence-electron chi connectivity index (χ2n) is 4.18. The Balaban J connectivity index is 1.97. The largest absolute Gasteiger partial charge is 0.460 e. The summed E-state index contributed by atoms with van der Waals surface area (Å²) in [5, 5.41) is 11.1. The maximum Gasteiger partial charge on any atom is 0.349 e. The summed E-state index contributed by atoms with van der Waals surface area (Å²) in [4.78, 5) is 12.4. The first-order valence-corrected chi connectivity index (χ1v) is 7.23. The SMILES string of the molecule is N#CC1(COC(=O)c2sccc2Br)CCOCC1. The van der Waals surface area contributed by atoms with Crippen molar-refractivity contribution in [2.24, 2.45) is 5.41 Å². The zero-order chi connectivity index (χ0) is 13.0. The quantitative estimate of drug-likeness (QED) is 0.800. The molecule has 0 bridgehead atoms. The van der Waals surface area contributed by atoms with Crippen LogP contribution in [0.25, 0.3) is 0 Å². The van der Waals surface area contributed by atoms with Gasteiger partial charge in [0.25, 0.3) is 0 Å². The first-order valence-electron chi connectivity index (χ1n) is 5.56. The summed E-state index contributed by atoms with van der Waals surface area (Å²) >= 11 is 4.61. The molecule has 0 amide bonds. The molecule has 4 nitrogen and oxygen atoms in total. The van der Waals surface area contributed by atoms with Gasteiger partial charge in [0.15, 0.2) is 0 Å². The van der Waals surface area contributed by atoms with Gasteiger partial charge in [0, 0.05) is 17.7 Å². The van der Waals surface area contributed by atoms with Crippen LogP contribution in [0.15, 0.2) is 15.9 Å². The van der Waals surface area contributed by atoms with Crippen molar-refractivity contribution < 1.29 is 14.3 Å². The van der Waals surface area contributed by atoms with Crippen molar-refractivity contribution in [1.82, 2.24) is 0 Å². The second-order valence-corrected chi connectivity index (χ2v) is 5.95. The summed E-state index contributed by atoms with van der Waals surface area (Å²) in [6, 6.07) is 4.07. The fraction of sp³-hybridized carbons (Fsp3) is 0.500. The minimum absolute atomic E-state index is 0.135. The van der Waals surface area contributed by atoms with Gasteiger partial charge in [0.2, 0.25) is 0 Å². The second kappa shape index (κ2) is 5.83. The van der Waals surface area contributed by atoms with Gasteiger partial charge in [-0.25, -0.2) is 4.79 Å². The van der Waals surface area contributed by atoms with E-state index in [1.54, 1.807) is 6.07 Å². The van der Waals surface area contributed by atoms with Crippen LogP contribution in [0.1, 0.15) is 22.5 Å². The molecule has 0 N–H and O–H groups in total. The Bertz CT molecular complexity index is 474. The van der Waals surface area contributed by atoms with Crippen molar-refractivity contribution >= 4 is 33.2 Å². The number of carbonyl (C=O) groups is 1. The van der Waals surface area contributed by atoms with Crippen LogP contribution in [0, 0.1) is 16.7 Å². The van der Waals surface area contributed by atoms with E-state index < -0.39 is 5.41 Å². The summed E-state index contributed by atoms with van der Waals surface area (Å²) in [6.45, 7) is 1.23. The molecule has 1 aliphatic rings. The average Bonchev–Trinajstić information content (AvgIpc) is 2.83. The van der Waals surface area contributed by atoms with E-state index >= 15 is 0 Å². The molecule has 0 aliphatic carbocycles. The molecule has 0 saturated carbocycles. The van der Waals surface area contributed by atoms with Gasteiger partial charge in [0.05, 0.1) is 11.5 Å². The number of hydrogen-bond donors (Lipinski definition) is 0. The summed E-state index contributed by atoms with van der Waals surface area (Å²) in [7, 11) is 0. The first kappa shape index (κ1) is 13.5. The summed E-state index contributed by atoms with van der Waals surface area (Å²) in [5.74, 6) is -0.377. The fourth-order valence-corrected chi connectivity index (χ4v) is 3.18. The third-order valence-corrected chi connectivity index (χ3v) is 4.79. The Labute approximate surface area is 118 Å². The van der Waals surface area contributed by atoms with E-state index in [-0.39, 0.29) is 12.6 Å². The highest BCUT2D eigenvalue weighted by Gasteiger charge is 2.34. The van der Waals surface area contributed by atoms with Gasteiger partial charge in [-0.3, -0.25) is 0 Å². The Morgan fingerprint density at radius 3 is 2.89 bits per heavy atom. The van der Waals surface area contributed by atoms with Crippen molar-refractivity contribution in [3.63, 3.8) is 0 Å². The topological polar surface area (TPSA) is 59.3 Å². The minimum atomic E-state index is -0.586. The number of nitrogens with zero attached hydrogens (tertiary/aromatic N) is 1. The van der Waals surface area contributed by atoms with Gasteiger partial charge >= 0.3 is 5.97 Å². The maximum atomic E-state index is 11.8. The molecule has 1 fully saturated rings. The zero-order valence-corrected chi connectivity index (χ0v) is 12.1. The summed E-state index contributed by atoms with van der Waals surface area (Å²) < 4.78 is 11.2. The van der Waals surface area contributed by atoms with Gasteiger partial charge < -0.3 is 9.47 Å². The first-order chi connectivity index (χ1) is 8.67. The molecular formula is C12H12BrNO3S. The van der Waals surface area contributed by atoms with E-state index in [0.717, 1.165) is 4.47 Å². The molecule has 0 spiro atoms. The number of halogens is 1. The van der Waals surface area contributed by atoms with E-state index in [1.807, 2.05) is 5.38 Å². The van der Waals surface area contributed by atoms with Crippen molar-refractivity contribution in [2.75, 3.05) is 19.8 Å². The minimum Gasteiger partial charge on any atom is -0.460 e. The molecule has 2 rings (SSSR count). The molecule has 96 valence electrons. The predicted octanol–water partition coefficient (Wildman–Crippen LogP) is 2.99. The van der Waals surface area contributed by atoms with Crippen molar-refractivity contribution in [2.45, 2.75) is 12.8 Å². The van der Waals surface area contributed by atoms with E-state index in [1.165, 1.54) is 11.3 Å². The predicted molar refractivity (Wildman–Crippen MR) is 70.4 cm³/mol. The zero-order valence-electron chi connectivity index (χ0n) is 9.65. The van der Waals surface area contributed by atoms with E-state index in [4.69, 9.17) is 9.47 Å². The molecule has 1 aromatic heterocycles. The van der Waals surface area contributed by atoms with Crippen molar-refractivity contribution in [3.05, 3.63) is 20.8 Å². The number of rotatable bonds is 3. The third-order valence-electron chi connectivity index (χ3n) is 2.97. The van der Waals surface area contributed by atoms with E-state index in [0.29, 0.717) is 30.9 Å². The highest BCUT2D eigenvalue weighted by atomic mass is 79.9. The van der Waals surface area contributed by atoms with Crippen LogP contribution in [0.4, 0.5) is 0 Å². The maximum absolute atomic E-state index is 11.8. The lowest BCUT2D eigenvalue weighted by Gasteiger charge is -2.29.